The van der Waals surface area contributed by atoms with Crippen LogP contribution in [-0.4, -0.2) is 23.2 Å². The molecule has 0 radical (unpaired) electrons. The maximum atomic E-state index is 11.5. The van der Waals surface area contributed by atoms with Crippen molar-refractivity contribution in [2.24, 2.45) is 0 Å². The topological polar surface area (TPSA) is 85.4 Å². The van der Waals surface area contributed by atoms with Gasteiger partial charge in [-0.1, -0.05) is 12.1 Å². The van der Waals surface area contributed by atoms with E-state index in [-0.39, 0.29) is 4.88 Å². The molecule has 1 aliphatic rings. The Morgan fingerprint density at radius 1 is 1.24 bits per heavy atom. The Bertz CT molecular complexity index is 977. The number of methoxy groups -OCH3 is 1. The summed E-state index contributed by atoms with van der Waals surface area (Å²) >= 11 is 1.16. The van der Waals surface area contributed by atoms with Crippen molar-refractivity contribution in [3.8, 4) is 16.9 Å². The fourth-order valence-corrected chi connectivity index (χ4v) is 4.50. The minimum absolute atomic E-state index is 0.166. The third-order valence-electron chi connectivity index (χ3n) is 4.73. The van der Waals surface area contributed by atoms with E-state index in [1.807, 2.05) is 24.3 Å². The molecule has 2 heterocycles. The maximum Gasteiger partial charge on any atom is 0.348 e. The predicted molar refractivity (Wildman–Crippen MR) is 99.6 cm³/mol. The molecule has 128 valence electrons. The summed E-state index contributed by atoms with van der Waals surface area (Å²) < 4.78 is 5.25. The van der Waals surface area contributed by atoms with Crippen molar-refractivity contribution in [2.75, 3.05) is 12.8 Å². The van der Waals surface area contributed by atoms with E-state index in [0.717, 1.165) is 65.0 Å². The largest absolute Gasteiger partial charge is 0.497 e. The van der Waals surface area contributed by atoms with Gasteiger partial charge in [-0.15, -0.1) is 11.3 Å². The highest BCUT2D eigenvalue weighted by Crippen LogP contribution is 2.43. The second-order valence-corrected chi connectivity index (χ2v) is 7.18. The van der Waals surface area contributed by atoms with Gasteiger partial charge in [-0.25, -0.2) is 9.78 Å². The number of carboxylic acids is 1. The van der Waals surface area contributed by atoms with E-state index in [1.54, 1.807) is 7.11 Å². The molecule has 3 N–H and O–H groups in total. The monoisotopic (exact) mass is 354 g/mol. The summed E-state index contributed by atoms with van der Waals surface area (Å²) in [5.74, 6) is -0.216. The fourth-order valence-electron chi connectivity index (χ4n) is 3.54. The van der Waals surface area contributed by atoms with Crippen molar-refractivity contribution in [1.82, 2.24) is 4.98 Å². The normalized spacial score (nSPS) is 13.6. The number of rotatable bonds is 3. The highest BCUT2D eigenvalue weighted by atomic mass is 32.1. The standard InChI is InChI=1S/C19H18N2O3S/c1-24-11-8-6-10(7-9-11)14-12-4-2-3-5-13(12)21-18-15(14)16(20)17(25-18)19(22)23/h6-9H,2-5,20H2,1H3,(H,22,23). The first-order valence-electron chi connectivity index (χ1n) is 8.21. The predicted octanol–water partition coefficient (Wildman–Crippen LogP) is 4.13. The molecule has 0 spiro atoms. The van der Waals surface area contributed by atoms with Crippen LogP contribution in [0.4, 0.5) is 5.69 Å². The van der Waals surface area contributed by atoms with Gasteiger partial charge in [-0.3, -0.25) is 0 Å². The number of nitrogens with two attached hydrogens (primary N) is 1. The van der Waals surface area contributed by atoms with Crippen molar-refractivity contribution in [3.05, 3.63) is 40.4 Å². The third kappa shape index (κ3) is 2.53. The molecule has 0 bridgehead atoms. The second kappa shape index (κ2) is 6.04. The van der Waals surface area contributed by atoms with E-state index < -0.39 is 5.97 Å². The summed E-state index contributed by atoms with van der Waals surface area (Å²) in [5, 5.41) is 10.2. The first-order chi connectivity index (χ1) is 12.1. The molecule has 4 rings (SSSR count). The number of pyridine rings is 1. The summed E-state index contributed by atoms with van der Waals surface area (Å²) in [5.41, 5.74) is 10.9. The Hall–Kier alpha value is -2.60. The van der Waals surface area contributed by atoms with Crippen LogP contribution in [0.2, 0.25) is 0 Å². The Kier molecular flexibility index (Phi) is 3.84. The SMILES string of the molecule is COc1ccc(-c2c3c(nc4sc(C(=O)O)c(N)c24)CCCC3)cc1. The summed E-state index contributed by atoms with van der Waals surface area (Å²) in [6, 6.07) is 7.83. The van der Waals surface area contributed by atoms with Crippen LogP contribution in [0.15, 0.2) is 24.3 Å². The molecule has 25 heavy (non-hydrogen) atoms. The number of hydrogen-bond acceptors (Lipinski definition) is 5. The molecular formula is C19H18N2O3S. The van der Waals surface area contributed by atoms with Gasteiger partial charge >= 0.3 is 5.97 Å². The number of aromatic carboxylic acids is 1. The molecule has 0 fully saturated rings. The van der Waals surface area contributed by atoms with Gasteiger partial charge in [-0.2, -0.15) is 0 Å². The van der Waals surface area contributed by atoms with E-state index in [0.29, 0.717) is 10.5 Å². The summed E-state index contributed by atoms with van der Waals surface area (Å²) in [7, 11) is 1.64. The first-order valence-corrected chi connectivity index (χ1v) is 9.03. The van der Waals surface area contributed by atoms with Crippen LogP contribution in [0.25, 0.3) is 21.3 Å². The molecule has 5 nitrogen and oxygen atoms in total. The average Bonchev–Trinajstić information content (AvgIpc) is 2.96. The number of ether oxygens (including phenoxy) is 1. The lowest BCUT2D eigenvalue weighted by atomic mass is 9.87. The van der Waals surface area contributed by atoms with Gasteiger partial charge in [0.25, 0.3) is 0 Å². The molecule has 0 saturated carbocycles. The Morgan fingerprint density at radius 3 is 2.64 bits per heavy atom. The van der Waals surface area contributed by atoms with Crippen molar-refractivity contribution in [3.63, 3.8) is 0 Å². The van der Waals surface area contributed by atoms with Crippen LogP contribution in [0, 0.1) is 0 Å². The number of benzene rings is 1. The second-order valence-electron chi connectivity index (χ2n) is 6.18. The van der Waals surface area contributed by atoms with Crippen LogP contribution in [0.3, 0.4) is 0 Å². The van der Waals surface area contributed by atoms with Gasteiger partial charge in [0.2, 0.25) is 0 Å². The van der Waals surface area contributed by atoms with Crippen molar-refractivity contribution in [2.45, 2.75) is 25.7 Å². The van der Waals surface area contributed by atoms with E-state index >= 15 is 0 Å². The van der Waals surface area contributed by atoms with Crippen LogP contribution in [-0.2, 0) is 12.8 Å². The zero-order valence-electron chi connectivity index (χ0n) is 13.8. The molecule has 0 saturated heterocycles. The first kappa shape index (κ1) is 15.9. The summed E-state index contributed by atoms with van der Waals surface area (Å²) in [6.45, 7) is 0. The van der Waals surface area contributed by atoms with Crippen LogP contribution in [0.5, 0.6) is 5.75 Å². The summed E-state index contributed by atoms with van der Waals surface area (Å²) in [4.78, 5) is 17.2. The maximum absolute atomic E-state index is 11.5. The van der Waals surface area contributed by atoms with Gasteiger partial charge in [0.1, 0.15) is 15.5 Å². The molecule has 6 heteroatoms. The Morgan fingerprint density at radius 2 is 1.96 bits per heavy atom. The molecule has 0 unspecified atom stereocenters. The van der Waals surface area contributed by atoms with Crippen molar-refractivity contribution < 1.29 is 14.6 Å². The number of anilines is 1. The summed E-state index contributed by atoms with van der Waals surface area (Å²) in [6.07, 6.45) is 4.09. The molecule has 2 aromatic heterocycles. The molecular weight excluding hydrogens is 336 g/mol. The third-order valence-corrected chi connectivity index (χ3v) is 5.81. The molecule has 0 amide bonds. The smallest absolute Gasteiger partial charge is 0.348 e. The number of aryl methyl sites for hydroxylation is 1. The number of nitrogen functional groups attached to an aromatic ring is 1. The minimum atomic E-state index is -1.00. The number of aromatic nitrogens is 1. The Labute approximate surface area is 149 Å². The fraction of sp³-hybridized carbons (Fsp3) is 0.263. The lowest BCUT2D eigenvalue weighted by Gasteiger charge is -2.20. The van der Waals surface area contributed by atoms with Crippen molar-refractivity contribution in [1.29, 1.82) is 0 Å². The van der Waals surface area contributed by atoms with E-state index in [1.165, 1.54) is 5.56 Å². The lowest BCUT2D eigenvalue weighted by Crippen LogP contribution is -2.08. The molecule has 0 atom stereocenters. The highest BCUT2D eigenvalue weighted by Gasteiger charge is 2.25. The number of carbonyl (C=O) groups is 1. The molecule has 3 aromatic rings. The van der Waals surface area contributed by atoms with E-state index in [4.69, 9.17) is 15.5 Å². The zero-order valence-corrected chi connectivity index (χ0v) is 14.7. The quantitative estimate of drug-likeness (QED) is 0.738. The van der Waals surface area contributed by atoms with Crippen molar-refractivity contribution >= 4 is 33.2 Å². The number of thiophene rings is 1. The van der Waals surface area contributed by atoms with E-state index in [2.05, 4.69) is 0 Å². The number of nitrogens with zero attached hydrogens (tertiary/aromatic N) is 1. The van der Waals surface area contributed by atoms with Gasteiger partial charge in [0.15, 0.2) is 0 Å². The van der Waals surface area contributed by atoms with Gasteiger partial charge in [-0.05, 0) is 54.5 Å². The lowest BCUT2D eigenvalue weighted by molar-refractivity contribution is 0.0703. The van der Waals surface area contributed by atoms with Gasteiger partial charge < -0.3 is 15.6 Å². The van der Waals surface area contributed by atoms with Crippen LogP contribution >= 0.6 is 11.3 Å². The molecule has 1 aromatic carbocycles. The average molecular weight is 354 g/mol. The zero-order chi connectivity index (χ0) is 17.6. The molecule has 1 aliphatic carbocycles. The van der Waals surface area contributed by atoms with Crippen LogP contribution in [0.1, 0.15) is 33.8 Å². The van der Waals surface area contributed by atoms with Gasteiger partial charge in [0, 0.05) is 11.1 Å². The molecule has 0 aliphatic heterocycles. The van der Waals surface area contributed by atoms with E-state index in [9.17, 15) is 9.90 Å². The highest BCUT2D eigenvalue weighted by molar-refractivity contribution is 7.21. The minimum Gasteiger partial charge on any atom is -0.497 e. The van der Waals surface area contributed by atoms with Gasteiger partial charge in [0.05, 0.1) is 12.8 Å². The number of carboxylic acid groups (broad SMARTS) is 1. The number of fused-ring (bicyclic) bond motifs is 2. The Balaban J connectivity index is 2.06. The number of hydrogen-bond donors (Lipinski definition) is 2. The van der Waals surface area contributed by atoms with Crippen LogP contribution < -0.4 is 10.5 Å².